The van der Waals surface area contributed by atoms with Crippen molar-refractivity contribution in [1.29, 1.82) is 5.26 Å². The molecule has 47 heavy (non-hydrogen) atoms. The molecule has 1 aromatic carbocycles. The fourth-order valence-corrected chi connectivity index (χ4v) is 5.80. The number of methoxy groups -OCH3 is 1. The van der Waals surface area contributed by atoms with E-state index in [0.717, 1.165) is 16.7 Å². The maximum absolute atomic E-state index is 14.3. The van der Waals surface area contributed by atoms with Crippen LogP contribution in [0.5, 0.6) is 6.01 Å². The number of benzene rings is 1. The molecule has 4 aromatic rings. The fraction of sp³-hybridized carbons (Fsp3) is 0.364. The molecule has 2 aliphatic rings. The average Bonchev–Trinajstić information content (AvgIpc) is 3.11. The summed E-state index contributed by atoms with van der Waals surface area (Å²) in [5.41, 5.74) is 0.966. The molecule has 1 saturated carbocycles. The summed E-state index contributed by atoms with van der Waals surface area (Å²) in [5, 5.41) is 22.1. The van der Waals surface area contributed by atoms with E-state index in [4.69, 9.17) is 9.47 Å². The Kier molecular flexibility index (Phi) is 9.35. The van der Waals surface area contributed by atoms with E-state index in [1.165, 1.54) is 13.3 Å². The number of anilines is 3. The zero-order valence-corrected chi connectivity index (χ0v) is 25.8. The van der Waals surface area contributed by atoms with Crippen molar-refractivity contribution >= 4 is 23.7 Å². The molecule has 3 aromatic heterocycles. The first kappa shape index (κ1) is 31.6. The number of alkyl halides is 1. The number of nitriles is 1. The summed E-state index contributed by atoms with van der Waals surface area (Å²) in [6.45, 7) is -0.540. The van der Waals surface area contributed by atoms with Crippen LogP contribution < -0.4 is 19.9 Å². The number of nitrogens with one attached hydrogen (secondary N) is 1. The van der Waals surface area contributed by atoms with Gasteiger partial charge in [0.2, 0.25) is 5.95 Å². The molecule has 14 heteroatoms. The molecule has 13 nitrogen and oxygen atoms in total. The Morgan fingerprint density at radius 2 is 1.77 bits per heavy atom. The second kappa shape index (κ2) is 13.9. The van der Waals surface area contributed by atoms with Crippen molar-refractivity contribution in [2.24, 2.45) is 0 Å². The van der Waals surface area contributed by atoms with Crippen molar-refractivity contribution < 1.29 is 23.8 Å². The van der Waals surface area contributed by atoms with E-state index in [-0.39, 0.29) is 43.4 Å². The largest absolute Gasteiger partial charge is 0.467 e. The average molecular weight is 640 g/mol. The number of aliphatic hydroxyl groups is 1. The summed E-state index contributed by atoms with van der Waals surface area (Å²) in [7, 11) is 1.50. The van der Waals surface area contributed by atoms with Crippen molar-refractivity contribution in [1.82, 2.24) is 24.9 Å². The van der Waals surface area contributed by atoms with E-state index >= 15 is 0 Å². The van der Waals surface area contributed by atoms with Gasteiger partial charge in [0.1, 0.15) is 24.1 Å². The fourth-order valence-electron chi connectivity index (χ4n) is 5.80. The number of halogens is 1. The lowest BCUT2D eigenvalue weighted by molar-refractivity contribution is 0.0440. The third kappa shape index (κ3) is 7.20. The van der Waals surface area contributed by atoms with Crippen LogP contribution in [-0.2, 0) is 11.3 Å². The van der Waals surface area contributed by atoms with Gasteiger partial charge >= 0.3 is 12.1 Å². The number of carbonyl (C=O) groups is 1. The van der Waals surface area contributed by atoms with E-state index in [2.05, 4.69) is 36.3 Å². The summed E-state index contributed by atoms with van der Waals surface area (Å²) in [5.74, 6) is 1.14. The van der Waals surface area contributed by atoms with Crippen molar-refractivity contribution in [3.05, 3.63) is 78.4 Å². The number of aliphatic hydroxyl groups excluding tert-OH is 1. The zero-order chi connectivity index (χ0) is 32.8. The summed E-state index contributed by atoms with van der Waals surface area (Å²) in [4.78, 5) is 38.6. The molecule has 0 spiro atoms. The quantitative estimate of drug-likeness (QED) is 0.253. The van der Waals surface area contributed by atoms with E-state index in [0.29, 0.717) is 43.3 Å². The van der Waals surface area contributed by atoms with Crippen LogP contribution in [0.25, 0.3) is 11.1 Å². The number of amides is 1. The first-order chi connectivity index (χ1) is 22.9. The third-order valence-corrected chi connectivity index (χ3v) is 8.36. The SMILES string of the molecule is COc1ncc(-c2ccc(N(C(=O)OCc3ccccc3)C3CCC(Nc4ncc(C#N)c(N5CC(F)(CO)C5)n4)CC3)nc2)cn1. The van der Waals surface area contributed by atoms with Crippen LogP contribution in [0.2, 0.25) is 0 Å². The lowest BCUT2D eigenvalue weighted by Crippen LogP contribution is -2.61. The van der Waals surface area contributed by atoms with Crippen LogP contribution in [0, 0.1) is 11.3 Å². The van der Waals surface area contributed by atoms with E-state index < -0.39 is 18.4 Å². The number of hydrogen-bond acceptors (Lipinski definition) is 12. The molecule has 0 atom stereocenters. The summed E-state index contributed by atoms with van der Waals surface area (Å²) in [6, 6.07) is 15.3. The molecule has 0 bridgehead atoms. The smallest absolute Gasteiger partial charge is 0.416 e. The first-order valence-electron chi connectivity index (χ1n) is 15.3. The Hall–Kier alpha value is -5.42. The van der Waals surface area contributed by atoms with Gasteiger partial charge in [0, 0.05) is 41.8 Å². The minimum absolute atomic E-state index is 0.00808. The molecule has 1 aliphatic heterocycles. The molecule has 0 unspecified atom stereocenters. The lowest BCUT2D eigenvalue weighted by Gasteiger charge is -2.44. The van der Waals surface area contributed by atoms with E-state index in [1.807, 2.05) is 36.4 Å². The molecule has 242 valence electrons. The third-order valence-electron chi connectivity index (χ3n) is 8.36. The minimum atomic E-state index is -1.70. The maximum atomic E-state index is 14.3. The van der Waals surface area contributed by atoms with Crippen LogP contribution in [0.4, 0.5) is 26.8 Å². The van der Waals surface area contributed by atoms with Crippen LogP contribution >= 0.6 is 0 Å². The molecule has 0 radical (unpaired) electrons. The second-order valence-corrected chi connectivity index (χ2v) is 11.6. The van der Waals surface area contributed by atoms with Crippen LogP contribution in [0.3, 0.4) is 0 Å². The minimum Gasteiger partial charge on any atom is -0.467 e. The van der Waals surface area contributed by atoms with Gasteiger partial charge in [-0.05, 0) is 43.4 Å². The van der Waals surface area contributed by atoms with E-state index in [1.54, 1.807) is 34.5 Å². The summed E-state index contributed by atoms with van der Waals surface area (Å²) < 4.78 is 25.1. The standard InChI is InChI=1S/C33H34FN9O4/c1-46-31-38-16-25(17-39-31)23-7-12-28(36-14-23)43(32(45)47-18-22-5-3-2-4-6-22)27-10-8-26(9-11-27)40-30-37-15-24(13-35)29(41-30)42-19-33(34,20-42)21-44/h2-7,12,14-17,26-27,44H,8-11,18-21H2,1H3,(H,37,40,41). The predicted octanol–water partition coefficient (Wildman–Crippen LogP) is 4.30. The van der Waals surface area contributed by atoms with Crippen molar-refractivity contribution in [3.63, 3.8) is 0 Å². The molecule has 1 amide bonds. The Labute approximate surface area is 271 Å². The van der Waals surface area contributed by atoms with E-state index in [9.17, 15) is 19.6 Å². The number of nitrogens with zero attached hydrogens (tertiary/aromatic N) is 8. The van der Waals surface area contributed by atoms with Gasteiger partial charge in [-0.15, -0.1) is 0 Å². The maximum Gasteiger partial charge on any atom is 0.416 e. The highest BCUT2D eigenvalue weighted by Gasteiger charge is 2.44. The molecular formula is C33H34FN9O4. The van der Waals surface area contributed by atoms with Gasteiger partial charge in [-0.25, -0.2) is 29.1 Å². The van der Waals surface area contributed by atoms with Gasteiger partial charge in [0.05, 0.1) is 33.0 Å². The zero-order valence-electron chi connectivity index (χ0n) is 25.8. The van der Waals surface area contributed by atoms with Crippen molar-refractivity contribution in [3.8, 4) is 23.2 Å². The molecule has 1 saturated heterocycles. The summed E-state index contributed by atoms with van der Waals surface area (Å²) >= 11 is 0. The second-order valence-electron chi connectivity index (χ2n) is 11.6. The monoisotopic (exact) mass is 639 g/mol. The molecule has 2 fully saturated rings. The van der Waals surface area contributed by atoms with Crippen molar-refractivity contribution in [2.75, 3.05) is 41.9 Å². The number of hydrogen-bond donors (Lipinski definition) is 2. The lowest BCUT2D eigenvalue weighted by atomic mass is 9.90. The first-order valence-corrected chi connectivity index (χ1v) is 15.3. The number of aromatic nitrogens is 5. The predicted molar refractivity (Wildman–Crippen MR) is 170 cm³/mol. The summed E-state index contributed by atoms with van der Waals surface area (Å²) in [6.07, 6.45) is 8.63. The van der Waals surface area contributed by atoms with Crippen LogP contribution in [0.1, 0.15) is 36.8 Å². The highest BCUT2D eigenvalue weighted by molar-refractivity contribution is 5.87. The Morgan fingerprint density at radius 1 is 1.04 bits per heavy atom. The van der Waals surface area contributed by atoms with Gasteiger partial charge in [-0.3, -0.25) is 4.90 Å². The molecule has 6 rings (SSSR count). The molecular weight excluding hydrogens is 605 g/mol. The number of rotatable bonds is 10. The molecule has 2 N–H and O–H groups in total. The molecule has 4 heterocycles. The van der Waals surface area contributed by atoms with Gasteiger partial charge < -0.3 is 24.8 Å². The number of ether oxygens (including phenoxy) is 2. The Bertz CT molecular complexity index is 1710. The molecule has 1 aliphatic carbocycles. The van der Waals surface area contributed by atoms with Gasteiger partial charge in [-0.2, -0.15) is 10.2 Å². The normalized spacial score (nSPS) is 18.4. The Balaban J connectivity index is 1.15. The van der Waals surface area contributed by atoms with Crippen molar-refractivity contribution in [2.45, 2.75) is 50.0 Å². The van der Waals surface area contributed by atoms with Crippen LogP contribution in [0.15, 0.2) is 67.3 Å². The van der Waals surface area contributed by atoms with Gasteiger partial charge in [-0.1, -0.05) is 30.3 Å². The van der Waals surface area contributed by atoms with Gasteiger partial charge in [0.15, 0.2) is 11.5 Å². The number of pyridine rings is 1. The number of carbonyl (C=O) groups excluding carboxylic acids is 1. The highest BCUT2D eigenvalue weighted by Crippen LogP contribution is 2.33. The van der Waals surface area contributed by atoms with Crippen LogP contribution in [-0.4, -0.2) is 80.7 Å². The Morgan fingerprint density at radius 3 is 2.40 bits per heavy atom. The van der Waals surface area contributed by atoms with Gasteiger partial charge in [0.25, 0.3) is 0 Å². The highest BCUT2D eigenvalue weighted by atomic mass is 19.1. The topological polar surface area (TPSA) is 163 Å².